The summed E-state index contributed by atoms with van der Waals surface area (Å²) in [6.45, 7) is 8.49. The van der Waals surface area contributed by atoms with Gasteiger partial charge in [0, 0.05) is 38.1 Å². The van der Waals surface area contributed by atoms with Gasteiger partial charge in [0.05, 0.1) is 10.7 Å². The lowest BCUT2D eigenvalue weighted by Gasteiger charge is -2.20. The van der Waals surface area contributed by atoms with Crippen molar-refractivity contribution in [3.8, 4) is 0 Å². The van der Waals surface area contributed by atoms with Crippen molar-refractivity contribution in [2.24, 2.45) is 11.8 Å². The monoisotopic (exact) mass is 347 g/mol. The molecule has 0 spiro atoms. The first kappa shape index (κ1) is 15.7. The van der Waals surface area contributed by atoms with Crippen LogP contribution in [0.4, 0.5) is 0 Å². The van der Waals surface area contributed by atoms with E-state index in [2.05, 4.69) is 25.4 Å². The van der Waals surface area contributed by atoms with Gasteiger partial charge in [-0.3, -0.25) is 9.69 Å². The summed E-state index contributed by atoms with van der Waals surface area (Å²) in [7, 11) is 0. The summed E-state index contributed by atoms with van der Waals surface area (Å²) in [5, 5.41) is 7.00. The number of fused-ring (bicyclic) bond motifs is 1. The minimum atomic E-state index is 0.0923. The molecule has 0 N–H and O–H groups in total. The molecule has 2 saturated heterocycles. The van der Waals surface area contributed by atoms with Gasteiger partial charge in [0.25, 0.3) is 0 Å². The van der Waals surface area contributed by atoms with E-state index in [1.807, 2.05) is 11.8 Å². The van der Waals surface area contributed by atoms with Crippen molar-refractivity contribution in [2.45, 2.75) is 26.8 Å². The number of hydrogen-bond donors (Lipinski definition) is 0. The summed E-state index contributed by atoms with van der Waals surface area (Å²) in [5.74, 6) is 2.21. The van der Waals surface area contributed by atoms with E-state index in [-0.39, 0.29) is 12.3 Å². The van der Waals surface area contributed by atoms with E-state index < -0.39 is 0 Å². The number of carbonyl (C=O) groups excluding carboxylic acids is 1. The van der Waals surface area contributed by atoms with Crippen molar-refractivity contribution in [2.75, 3.05) is 26.2 Å². The molecule has 0 unspecified atom stereocenters. The molecule has 0 bridgehead atoms. The largest absolute Gasteiger partial charge is 0.342 e. The Hall–Kier alpha value is -1.80. The summed E-state index contributed by atoms with van der Waals surface area (Å²) in [6, 6.07) is 0. The predicted molar refractivity (Wildman–Crippen MR) is 88.4 cm³/mol. The van der Waals surface area contributed by atoms with Crippen molar-refractivity contribution < 1.29 is 9.32 Å². The SMILES string of the molecule is Cc1noc(CC(=O)N2C[C@H]3CN(Cc4csc(C)n4)C[C@@H]3C2)n1. The standard InChI is InChI=1S/C16H21N5O2S/c1-10-17-15(23-19-10)3-16(22)21-6-12-4-20(5-13(12)7-21)8-14-9-24-11(2)18-14/h9,12-13H,3-8H2,1-2H3/t12-,13-/m1/s1. The molecule has 2 fully saturated rings. The lowest BCUT2D eigenvalue weighted by atomic mass is 10.0. The zero-order valence-electron chi connectivity index (χ0n) is 13.9. The first-order chi connectivity index (χ1) is 11.6. The number of aryl methyl sites for hydroxylation is 2. The Morgan fingerprint density at radius 1 is 1.25 bits per heavy atom. The highest BCUT2D eigenvalue weighted by Crippen LogP contribution is 2.32. The van der Waals surface area contributed by atoms with Gasteiger partial charge in [0.15, 0.2) is 5.82 Å². The third kappa shape index (κ3) is 3.21. The third-order valence-electron chi connectivity index (χ3n) is 4.84. The number of carbonyl (C=O) groups is 1. The fraction of sp³-hybridized carbons (Fsp3) is 0.625. The van der Waals surface area contributed by atoms with E-state index in [9.17, 15) is 4.79 Å². The van der Waals surface area contributed by atoms with Gasteiger partial charge < -0.3 is 9.42 Å². The van der Waals surface area contributed by atoms with Crippen LogP contribution < -0.4 is 0 Å². The summed E-state index contributed by atoms with van der Waals surface area (Å²) in [6.07, 6.45) is 0.210. The topological polar surface area (TPSA) is 75.4 Å². The number of thiazole rings is 1. The maximum atomic E-state index is 12.4. The van der Waals surface area contributed by atoms with Crippen molar-refractivity contribution in [1.82, 2.24) is 24.9 Å². The Morgan fingerprint density at radius 2 is 2.00 bits per heavy atom. The van der Waals surface area contributed by atoms with Crippen LogP contribution in [0.5, 0.6) is 0 Å². The number of aromatic nitrogens is 3. The molecular weight excluding hydrogens is 326 g/mol. The molecule has 2 aromatic rings. The number of likely N-dealkylation sites (tertiary alicyclic amines) is 2. The van der Waals surface area contributed by atoms with Gasteiger partial charge in [-0.05, 0) is 25.7 Å². The molecule has 8 heteroatoms. The second kappa shape index (κ2) is 6.25. The predicted octanol–water partition coefficient (Wildman–Crippen LogP) is 1.28. The Labute approximate surface area is 144 Å². The molecule has 2 aliphatic rings. The first-order valence-electron chi connectivity index (χ1n) is 8.27. The Balaban J connectivity index is 1.30. The van der Waals surface area contributed by atoms with Gasteiger partial charge in [-0.25, -0.2) is 4.98 Å². The summed E-state index contributed by atoms with van der Waals surface area (Å²) in [4.78, 5) is 25.5. The highest BCUT2D eigenvalue weighted by molar-refractivity contribution is 7.09. The van der Waals surface area contributed by atoms with E-state index in [4.69, 9.17) is 4.52 Å². The fourth-order valence-corrected chi connectivity index (χ4v) is 4.39. The number of amides is 1. The Morgan fingerprint density at radius 3 is 2.58 bits per heavy atom. The number of nitrogens with zero attached hydrogens (tertiary/aromatic N) is 5. The van der Waals surface area contributed by atoms with Crippen molar-refractivity contribution in [3.05, 3.63) is 27.8 Å². The minimum Gasteiger partial charge on any atom is -0.342 e. The number of hydrogen-bond acceptors (Lipinski definition) is 7. The smallest absolute Gasteiger partial charge is 0.236 e. The van der Waals surface area contributed by atoms with Crippen LogP contribution in [0, 0.1) is 25.7 Å². The van der Waals surface area contributed by atoms with Crippen LogP contribution in [0.3, 0.4) is 0 Å². The van der Waals surface area contributed by atoms with Gasteiger partial charge >= 0.3 is 0 Å². The molecule has 0 aliphatic carbocycles. The second-order valence-corrected chi connectivity index (χ2v) is 7.85. The molecule has 128 valence electrons. The molecule has 7 nitrogen and oxygen atoms in total. The van der Waals surface area contributed by atoms with Gasteiger partial charge in [-0.1, -0.05) is 5.16 Å². The van der Waals surface area contributed by atoms with Gasteiger partial charge in [0.1, 0.15) is 6.42 Å². The zero-order valence-corrected chi connectivity index (χ0v) is 14.8. The summed E-state index contributed by atoms with van der Waals surface area (Å²) < 4.78 is 5.05. The van der Waals surface area contributed by atoms with Crippen molar-refractivity contribution in [1.29, 1.82) is 0 Å². The van der Waals surface area contributed by atoms with Crippen molar-refractivity contribution in [3.63, 3.8) is 0 Å². The molecule has 4 heterocycles. The summed E-state index contributed by atoms with van der Waals surface area (Å²) in [5.41, 5.74) is 1.16. The molecule has 2 aromatic heterocycles. The van der Waals surface area contributed by atoms with Crippen LogP contribution in [0.25, 0.3) is 0 Å². The minimum absolute atomic E-state index is 0.0923. The van der Waals surface area contributed by atoms with Gasteiger partial charge in [-0.15, -0.1) is 11.3 Å². The van der Waals surface area contributed by atoms with Gasteiger partial charge in [-0.2, -0.15) is 4.98 Å². The average molecular weight is 347 g/mol. The van der Waals surface area contributed by atoms with Gasteiger partial charge in [0.2, 0.25) is 11.8 Å². The number of rotatable bonds is 4. The maximum absolute atomic E-state index is 12.4. The van der Waals surface area contributed by atoms with E-state index >= 15 is 0 Å². The van der Waals surface area contributed by atoms with Crippen LogP contribution in [-0.2, 0) is 17.8 Å². The summed E-state index contributed by atoms with van der Waals surface area (Å²) >= 11 is 1.71. The molecule has 4 rings (SSSR count). The molecule has 0 radical (unpaired) electrons. The van der Waals surface area contributed by atoms with Crippen LogP contribution in [0.2, 0.25) is 0 Å². The normalized spacial score (nSPS) is 23.8. The van der Waals surface area contributed by atoms with Crippen LogP contribution in [0.15, 0.2) is 9.90 Å². The molecule has 24 heavy (non-hydrogen) atoms. The Kier molecular flexibility index (Phi) is 4.09. The van der Waals surface area contributed by atoms with E-state index in [1.165, 1.54) is 0 Å². The molecule has 1 amide bonds. The second-order valence-electron chi connectivity index (χ2n) is 6.78. The lowest BCUT2D eigenvalue weighted by molar-refractivity contribution is -0.130. The zero-order chi connectivity index (χ0) is 16.7. The van der Waals surface area contributed by atoms with Crippen LogP contribution in [-0.4, -0.2) is 57.0 Å². The lowest BCUT2D eigenvalue weighted by Crippen LogP contribution is -2.34. The maximum Gasteiger partial charge on any atom is 0.236 e. The van der Waals surface area contributed by atoms with E-state index in [0.29, 0.717) is 23.6 Å². The Bertz CT molecular complexity index is 728. The van der Waals surface area contributed by atoms with E-state index in [1.54, 1.807) is 18.3 Å². The first-order valence-corrected chi connectivity index (χ1v) is 9.15. The third-order valence-corrected chi connectivity index (χ3v) is 5.66. The molecular formula is C16H21N5O2S. The average Bonchev–Trinajstić information content (AvgIpc) is 3.25. The molecule has 2 atom stereocenters. The highest BCUT2D eigenvalue weighted by atomic mass is 32.1. The van der Waals surface area contributed by atoms with Crippen LogP contribution >= 0.6 is 11.3 Å². The van der Waals surface area contributed by atoms with Crippen molar-refractivity contribution >= 4 is 17.2 Å². The quantitative estimate of drug-likeness (QED) is 0.829. The molecule has 0 aromatic carbocycles. The molecule has 2 aliphatic heterocycles. The van der Waals surface area contributed by atoms with E-state index in [0.717, 1.165) is 43.4 Å². The fourth-order valence-electron chi connectivity index (χ4n) is 3.79. The van der Waals surface area contributed by atoms with Crippen LogP contribution in [0.1, 0.15) is 22.4 Å². The highest BCUT2D eigenvalue weighted by Gasteiger charge is 2.41. The molecule has 0 saturated carbocycles.